The van der Waals surface area contributed by atoms with E-state index < -0.39 is 0 Å². The Labute approximate surface area is 206 Å². The Morgan fingerprint density at radius 2 is 1.68 bits per heavy atom. The van der Waals surface area contributed by atoms with Crippen LogP contribution in [0.25, 0.3) is 0 Å². The first kappa shape index (κ1) is 23.6. The molecule has 0 saturated heterocycles. The van der Waals surface area contributed by atoms with Crippen LogP contribution in [0.5, 0.6) is 11.5 Å². The van der Waals surface area contributed by atoms with Crippen LogP contribution in [-0.4, -0.2) is 15.5 Å². The van der Waals surface area contributed by atoms with Crippen molar-refractivity contribution >= 4 is 24.0 Å². The zero-order valence-electron chi connectivity index (χ0n) is 19.3. The lowest BCUT2D eigenvalue weighted by atomic mass is 9.85. The van der Waals surface area contributed by atoms with Crippen LogP contribution in [0.2, 0.25) is 0 Å². The molecule has 0 atom stereocenters. The van der Waals surface area contributed by atoms with Crippen LogP contribution in [0, 0.1) is 0 Å². The number of nitrogens with zero attached hydrogens (tertiary/aromatic N) is 2. The molecule has 0 saturated carbocycles. The minimum absolute atomic E-state index is 0. The average molecular weight is 474 g/mol. The first-order chi connectivity index (χ1) is 16.1. The monoisotopic (exact) mass is 473 g/mol. The second kappa shape index (κ2) is 10.1. The van der Waals surface area contributed by atoms with Gasteiger partial charge < -0.3 is 14.6 Å². The summed E-state index contributed by atoms with van der Waals surface area (Å²) < 4.78 is 8.11. The summed E-state index contributed by atoms with van der Waals surface area (Å²) in [6, 6.07) is 22.2. The summed E-state index contributed by atoms with van der Waals surface area (Å²) >= 11 is 0. The van der Waals surface area contributed by atoms with Gasteiger partial charge in [-0.1, -0.05) is 68.4 Å². The van der Waals surface area contributed by atoms with Crippen LogP contribution in [0.3, 0.4) is 0 Å². The molecular formula is C28H28ClN3O2. The van der Waals surface area contributed by atoms with E-state index in [1.165, 1.54) is 0 Å². The number of halogens is 1. The van der Waals surface area contributed by atoms with E-state index >= 15 is 0 Å². The van der Waals surface area contributed by atoms with Crippen molar-refractivity contribution in [1.82, 2.24) is 9.55 Å². The summed E-state index contributed by atoms with van der Waals surface area (Å²) in [7, 11) is 0. The highest BCUT2D eigenvalue weighted by atomic mass is 35.5. The van der Waals surface area contributed by atoms with E-state index in [0.29, 0.717) is 13.0 Å². The summed E-state index contributed by atoms with van der Waals surface area (Å²) in [6.45, 7) is 4.95. The molecular weight excluding hydrogens is 446 g/mol. The molecule has 5 nitrogen and oxygen atoms in total. The first-order valence-corrected chi connectivity index (χ1v) is 11.3. The van der Waals surface area contributed by atoms with Gasteiger partial charge in [0.05, 0.1) is 12.9 Å². The standard InChI is InChI=1S/C28H27N3O2.ClH/c1-19(2)21-11-7-8-20(17-31-15-14-29-18-31)28(21)30-27(32)16-24-22-9-3-5-12-25(22)33-26-13-6-4-10-23(24)26;/h3-15,18-19,24H,16-17H2,1-2H3,(H,30,32);1H. The molecule has 4 aromatic rings. The normalized spacial score (nSPS) is 12.3. The highest BCUT2D eigenvalue weighted by Gasteiger charge is 2.29. The molecule has 174 valence electrons. The number of amides is 1. The third kappa shape index (κ3) is 4.70. The van der Waals surface area contributed by atoms with Crippen molar-refractivity contribution in [3.63, 3.8) is 0 Å². The fraction of sp³-hybridized carbons (Fsp3) is 0.214. The van der Waals surface area contributed by atoms with E-state index in [2.05, 4.69) is 54.5 Å². The number of benzene rings is 3. The minimum atomic E-state index is -0.0607. The number of fused-ring (bicyclic) bond motifs is 2. The highest BCUT2D eigenvalue weighted by molar-refractivity contribution is 5.93. The Balaban J connectivity index is 0.00000274. The summed E-state index contributed by atoms with van der Waals surface area (Å²) in [5, 5.41) is 3.27. The lowest BCUT2D eigenvalue weighted by molar-refractivity contribution is -0.116. The van der Waals surface area contributed by atoms with E-state index in [0.717, 1.165) is 39.4 Å². The molecule has 0 radical (unpaired) electrons. The molecule has 1 aliphatic rings. The van der Waals surface area contributed by atoms with Gasteiger partial charge in [-0.15, -0.1) is 12.4 Å². The lowest BCUT2D eigenvalue weighted by Gasteiger charge is -2.28. The smallest absolute Gasteiger partial charge is 0.225 e. The minimum Gasteiger partial charge on any atom is -0.457 e. The van der Waals surface area contributed by atoms with Crippen LogP contribution >= 0.6 is 12.4 Å². The molecule has 0 aliphatic carbocycles. The van der Waals surface area contributed by atoms with Crippen molar-refractivity contribution < 1.29 is 9.53 Å². The number of aromatic nitrogens is 2. The summed E-state index contributed by atoms with van der Waals surface area (Å²) in [6.07, 6.45) is 5.84. The maximum absolute atomic E-state index is 13.5. The van der Waals surface area contributed by atoms with Gasteiger partial charge in [-0.05, 0) is 29.2 Å². The lowest BCUT2D eigenvalue weighted by Crippen LogP contribution is -2.21. The molecule has 6 heteroatoms. The molecule has 0 fully saturated rings. The average Bonchev–Trinajstić information content (AvgIpc) is 3.33. The summed E-state index contributed by atoms with van der Waals surface area (Å²) in [4.78, 5) is 17.6. The third-order valence-corrected chi connectivity index (χ3v) is 6.18. The van der Waals surface area contributed by atoms with Gasteiger partial charge in [0.15, 0.2) is 0 Å². The van der Waals surface area contributed by atoms with Gasteiger partial charge in [0, 0.05) is 41.5 Å². The molecule has 34 heavy (non-hydrogen) atoms. The van der Waals surface area contributed by atoms with Gasteiger partial charge in [0.1, 0.15) is 11.5 Å². The molecule has 0 unspecified atom stereocenters. The predicted octanol–water partition coefficient (Wildman–Crippen LogP) is 6.74. The van der Waals surface area contributed by atoms with Gasteiger partial charge >= 0.3 is 0 Å². The number of anilines is 1. The summed E-state index contributed by atoms with van der Waals surface area (Å²) in [5.74, 6) is 1.85. The van der Waals surface area contributed by atoms with Gasteiger partial charge in [0.2, 0.25) is 5.91 Å². The maximum atomic E-state index is 13.5. The molecule has 1 aliphatic heterocycles. The predicted molar refractivity (Wildman–Crippen MR) is 137 cm³/mol. The van der Waals surface area contributed by atoms with Crippen molar-refractivity contribution in [2.24, 2.45) is 0 Å². The number of rotatable bonds is 6. The zero-order valence-corrected chi connectivity index (χ0v) is 20.1. The van der Waals surface area contributed by atoms with Crippen molar-refractivity contribution in [1.29, 1.82) is 0 Å². The largest absolute Gasteiger partial charge is 0.457 e. The summed E-state index contributed by atoms with van der Waals surface area (Å²) in [5.41, 5.74) is 5.19. The Bertz CT molecular complexity index is 1240. The van der Waals surface area contributed by atoms with Crippen LogP contribution in [0.1, 0.15) is 54.4 Å². The fourth-order valence-corrected chi connectivity index (χ4v) is 4.57. The van der Waals surface area contributed by atoms with E-state index in [4.69, 9.17) is 4.74 Å². The van der Waals surface area contributed by atoms with Crippen molar-refractivity contribution in [2.45, 2.75) is 38.6 Å². The van der Waals surface area contributed by atoms with Gasteiger partial charge in [0.25, 0.3) is 0 Å². The topological polar surface area (TPSA) is 56.2 Å². The van der Waals surface area contributed by atoms with Crippen molar-refractivity contribution in [3.8, 4) is 11.5 Å². The van der Waals surface area contributed by atoms with Crippen LogP contribution < -0.4 is 10.1 Å². The molecule has 1 N–H and O–H groups in total. The third-order valence-electron chi connectivity index (χ3n) is 6.18. The van der Waals surface area contributed by atoms with E-state index in [1.807, 2.05) is 47.2 Å². The highest BCUT2D eigenvalue weighted by Crippen LogP contribution is 2.45. The van der Waals surface area contributed by atoms with Gasteiger partial charge in [-0.3, -0.25) is 4.79 Å². The number of nitrogens with one attached hydrogen (secondary N) is 1. The quantitative estimate of drug-likeness (QED) is 0.337. The van der Waals surface area contributed by atoms with Crippen LogP contribution in [0.15, 0.2) is 85.5 Å². The first-order valence-electron chi connectivity index (χ1n) is 11.3. The molecule has 0 spiro atoms. The number of ether oxygens (including phenoxy) is 1. The van der Waals surface area contributed by atoms with E-state index in [-0.39, 0.29) is 30.2 Å². The Morgan fingerprint density at radius 3 is 2.29 bits per heavy atom. The number of carbonyl (C=O) groups is 1. The Kier molecular flexibility index (Phi) is 7.03. The van der Waals surface area contributed by atoms with Crippen molar-refractivity contribution in [2.75, 3.05) is 5.32 Å². The van der Waals surface area contributed by atoms with E-state index in [1.54, 1.807) is 12.5 Å². The van der Waals surface area contributed by atoms with Crippen LogP contribution in [-0.2, 0) is 11.3 Å². The van der Waals surface area contributed by atoms with Crippen LogP contribution in [0.4, 0.5) is 5.69 Å². The van der Waals surface area contributed by atoms with E-state index in [9.17, 15) is 4.79 Å². The number of hydrogen-bond donors (Lipinski definition) is 1. The molecule has 2 heterocycles. The van der Waals surface area contributed by atoms with Gasteiger partial charge in [-0.2, -0.15) is 0 Å². The zero-order chi connectivity index (χ0) is 22.8. The number of para-hydroxylation sites is 3. The number of hydrogen-bond acceptors (Lipinski definition) is 3. The van der Waals surface area contributed by atoms with Crippen molar-refractivity contribution in [3.05, 3.63) is 108 Å². The molecule has 1 amide bonds. The SMILES string of the molecule is CC(C)c1cccc(Cn2ccnc2)c1NC(=O)CC1c2ccccc2Oc2ccccc21.Cl. The Morgan fingerprint density at radius 1 is 1.00 bits per heavy atom. The maximum Gasteiger partial charge on any atom is 0.225 e. The fourth-order valence-electron chi connectivity index (χ4n) is 4.57. The second-order valence-corrected chi connectivity index (χ2v) is 8.75. The second-order valence-electron chi connectivity index (χ2n) is 8.75. The number of carbonyl (C=O) groups excluding carboxylic acids is 1. The number of imidazole rings is 1. The molecule has 1 aromatic heterocycles. The molecule has 5 rings (SSSR count). The molecule has 3 aromatic carbocycles. The molecule has 0 bridgehead atoms. The Hall–Kier alpha value is -3.57. The van der Waals surface area contributed by atoms with Gasteiger partial charge in [-0.25, -0.2) is 4.98 Å².